The summed E-state index contributed by atoms with van der Waals surface area (Å²) < 4.78 is 0. The van der Waals surface area contributed by atoms with Gasteiger partial charge in [0.25, 0.3) is 0 Å². The van der Waals surface area contributed by atoms with Crippen LogP contribution in [0, 0.1) is 0 Å². The Morgan fingerprint density at radius 2 is 0.569 bits per heavy atom. The molecule has 109 heavy (non-hydrogen) atoms. The van der Waals surface area contributed by atoms with E-state index < -0.39 is 28.4 Å². The van der Waals surface area contributed by atoms with Crippen LogP contribution in [0.4, 0.5) is 0 Å². The van der Waals surface area contributed by atoms with Crippen molar-refractivity contribution in [3.8, 4) is 0 Å². The predicted molar refractivity (Wildman–Crippen MR) is 450 cm³/mol. The molecule has 0 rings (SSSR count). The summed E-state index contributed by atoms with van der Waals surface area (Å²) in [6.07, 6.45) is 8.44. The van der Waals surface area contributed by atoms with Crippen LogP contribution in [0.15, 0.2) is 57.9 Å². The fourth-order valence-electron chi connectivity index (χ4n) is 8.89. The Kier molecular flexibility index (Phi) is 138. The van der Waals surface area contributed by atoms with Crippen molar-refractivity contribution < 1.29 is 197 Å². The van der Waals surface area contributed by atoms with E-state index in [0.29, 0.717) is 30.2 Å². The third kappa shape index (κ3) is 95.8. The molecule has 0 saturated carbocycles. The summed E-state index contributed by atoms with van der Waals surface area (Å²) in [7, 11) is 8.05. The van der Waals surface area contributed by atoms with Crippen LogP contribution in [0.1, 0.15) is 264 Å². The van der Waals surface area contributed by atoms with Crippen LogP contribution in [-0.2, 0) is 151 Å². The van der Waals surface area contributed by atoms with Gasteiger partial charge >= 0.3 is 0 Å². The minimum atomic E-state index is -1.55. The topological polar surface area (TPSA) is 303 Å². The molecule has 0 aliphatic heterocycles. The number of aliphatic hydroxyl groups is 9. The summed E-state index contributed by atoms with van der Waals surface area (Å²) in [4.78, 5) is 26.1. The quantitative estimate of drug-likeness (QED) is 0.0124. The molecule has 0 aromatic rings. The molecule has 0 saturated heterocycles. The molecule has 0 spiro atoms. The van der Waals surface area contributed by atoms with Gasteiger partial charge in [-0.1, -0.05) is 141 Å². The van der Waals surface area contributed by atoms with Crippen LogP contribution in [0.3, 0.4) is 0 Å². The van der Waals surface area contributed by atoms with Crippen LogP contribution in [-0.4, -0.2) is 262 Å². The summed E-state index contributed by atoms with van der Waals surface area (Å²) in [5, 5.41) is 102. The van der Waals surface area contributed by atoms with E-state index in [4.69, 9.17) is 20.4 Å². The zero-order valence-corrected chi connectivity index (χ0v) is 86.4. The molecule has 0 heterocycles. The summed E-state index contributed by atoms with van der Waals surface area (Å²) in [6, 6.07) is 5.19. The summed E-state index contributed by atoms with van der Waals surface area (Å²) in [5.74, 6) is 0. The van der Waals surface area contributed by atoms with Crippen LogP contribution in [0.5, 0.6) is 0 Å². The third-order valence-corrected chi connectivity index (χ3v) is 22.2. The van der Waals surface area contributed by atoms with E-state index in [2.05, 4.69) is 120 Å². The molecule has 0 fully saturated rings. The first-order chi connectivity index (χ1) is 46.1. The Bertz CT molecular complexity index is 2140. The zero-order valence-electron chi connectivity index (χ0n) is 75.0. The fraction of sp³-hybridized carbons (Fsp3) is 0.857. The fourth-order valence-corrected chi connectivity index (χ4v) is 13.8. The van der Waals surface area contributed by atoms with Crippen molar-refractivity contribution in [3.63, 3.8) is 0 Å². The van der Waals surface area contributed by atoms with Crippen molar-refractivity contribution in [1.29, 1.82) is 0 Å². The zero-order chi connectivity index (χ0) is 80.8. The Labute approximate surface area is 766 Å². The predicted octanol–water partition coefficient (Wildman–Crippen LogP) is 14.9. The normalized spacial score (nSPS) is 13.7. The van der Waals surface area contributed by atoms with Crippen molar-refractivity contribution >= 4 is 67.6 Å². The minimum Gasteiger partial charge on any atom is -0.391 e. The molecule has 7 unspecified atom stereocenters. The van der Waals surface area contributed by atoms with E-state index in [0.717, 1.165) is 140 Å². The van der Waals surface area contributed by atoms with Crippen molar-refractivity contribution in [2.45, 2.75) is 380 Å². The van der Waals surface area contributed by atoms with Gasteiger partial charge in [-0.3, -0.25) is 30.0 Å². The first-order valence-electron chi connectivity index (χ1n) is 37.9. The van der Waals surface area contributed by atoms with Crippen LogP contribution < -0.4 is 0 Å². The molecule has 0 aromatic heterocycles. The largest absolute Gasteiger partial charge is 0.391 e. The Balaban J connectivity index is -0.0000000531. The number of hydrogen-bond donors (Lipinski definition) is 9. The summed E-state index contributed by atoms with van der Waals surface area (Å²) in [5.41, 5.74) is 7.54. The Morgan fingerprint density at radius 3 is 0.743 bits per heavy atom. The molecule has 9 radical (unpaired) electrons. The number of rotatable bonds is 35. The number of aliphatic hydroxyl groups excluding tert-OH is 9. The van der Waals surface area contributed by atoms with Gasteiger partial charge in [-0.25, -0.2) is 0 Å². The Hall–Kier alpha value is 0.802. The minimum absolute atomic E-state index is 0. The maximum absolute atomic E-state index is 10.6. The molecule has 9 N–H and O–H groups in total. The van der Waals surface area contributed by atoms with E-state index in [1.165, 1.54) is 6.08 Å². The number of nitrogens with zero attached hydrogens (tertiary/aromatic N) is 12. The summed E-state index contributed by atoms with van der Waals surface area (Å²) >= 11 is 0. The van der Waals surface area contributed by atoms with Crippen molar-refractivity contribution in [3.05, 3.63) is 12.7 Å². The molecule has 0 bridgehead atoms. The van der Waals surface area contributed by atoms with E-state index in [1.54, 1.807) is 28.9 Å². The smallest absolute Gasteiger partial charge is 0.109 e. The first kappa shape index (κ1) is 154. The van der Waals surface area contributed by atoms with Gasteiger partial charge in [-0.2, -0.15) is 15.3 Å². The molecule has 21 nitrogen and oxygen atoms in total. The van der Waals surface area contributed by atoms with Gasteiger partial charge in [0, 0.05) is 264 Å². The molecule has 0 amide bonds. The van der Waals surface area contributed by atoms with Gasteiger partial charge in [0.1, 0.15) is 6.10 Å². The second-order valence-electron chi connectivity index (χ2n) is 27.7. The SMILES string of the molecule is C=CC(O)C(CC)=NC(C)C.CCC(=NC(C)C)C(C)O.CCC(=NC(C)C)C(O)CC.CCC(=NC(C)C)C(O)[Si](C)(C)C.CCC(=NC(C)C)C(O)[Si](CC)(CC)CC.CCC(=NN(C)C)C(C)O.CCC(=NN(C)C)C(O)CC.CCC(CO)=NC(C)C.CCC(CO)=NN(C)C.[Co].[Co].[Co].[Co].[Co].[Co].[Co].[Co].[Co]. The standard InChI is InChI=1S/C13H29NOSi.C10H23NOSi.C9H19NO.C9H17NO.C8H18N2O.C8H17NO.C7H16N2O.C7H15NO.C6H14N2O.9Co/c1-7-12(14-11(5)6)13(15)16(8-2,9-3)10-4;1-7-9(11-8(2)3)10(12)13(4,5)6;2*1-5-8(9(11)6-2)10-7(3)4;1-5-7(8(11)6-2)9-10(3)4;1-5-8(7(4)10)9-6(2)3;1-5-7(6(2)10)8-9(3)4;1-4-7(5-9)8-6(2)3;1-4-6(5-9)7-8(2)3;;;;;;;;;/h11,13,15H,7-10H2,1-6H3;8,10,12H,7H2,1-6H3;7,9,11H,5-6H2,1-4H3;6-7,9,11H,2,5H2,1,3-4H3;8,11H,5-6H2,1-4H3;6-7,10H,5H2,1-4H3;6,10H,5H2,1-4H3;6,9H,4-5H2,1-3H3;9H,4-5H2,1-3H3;;;;;;;;;. The molecular weight excluding hydrogens is 1820 g/mol. The molecule has 0 aromatic carbocycles. The van der Waals surface area contributed by atoms with Gasteiger partial charge in [0.05, 0.1) is 82.4 Å². The summed E-state index contributed by atoms with van der Waals surface area (Å²) in [6.45, 7) is 66.7. The molecule has 0 aliphatic rings. The molecule has 7 atom stereocenters. The van der Waals surface area contributed by atoms with Gasteiger partial charge in [-0.15, -0.1) is 6.58 Å². The van der Waals surface area contributed by atoms with E-state index in [9.17, 15) is 25.5 Å². The second-order valence-corrected chi connectivity index (χ2v) is 38.4. The molecule has 32 heteroatoms. The van der Waals surface area contributed by atoms with Gasteiger partial charge in [0.15, 0.2) is 0 Å². The molecular formula is C77H168Co9N12O9Si2. The van der Waals surface area contributed by atoms with Gasteiger partial charge in [-0.05, 0) is 168 Å². The monoisotopic (exact) mass is 1990 g/mol. The number of hydrazone groups is 3. The van der Waals surface area contributed by atoms with E-state index in [-0.39, 0.29) is 200 Å². The second kappa shape index (κ2) is 97.6. The van der Waals surface area contributed by atoms with Crippen LogP contribution in [0.25, 0.3) is 0 Å². The molecule has 0 aliphatic carbocycles. The van der Waals surface area contributed by atoms with E-state index >= 15 is 0 Å². The van der Waals surface area contributed by atoms with Gasteiger partial charge < -0.3 is 61.0 Å². The number of hydrogen-bond acceptors (Lipinski definition) is 21. The van der Waals surface area contributed by atoms with Crippen molar-refractivity contribution in [1.82, 2.24) is 15.0 Å². The maximum Gasteiger partial charge on any atom is 0.109 e. The van der Waals surface area contributed by atoms with Crippen molar-refractivity contribution in [2.24, 2.45) is 45.3 Å². The first-order valence-corrected chi connectivity index (χ1v) is 44.1. The van der Waals surface area contributed by atoms with Crippen LogP contribution >= 0.6 is 0 Å². The van der Waals surface area contributed by atoms with Crippen LogP contribution in [0.2, 0.25) is 37.8 Å². The third-order valence-electron chi connectivity index (χ3n) is 14.5. The van der Waals surface area contributed by atoms with Crippen molar-refractivity contribution in [2.75, 3.05) is 55.5 Å². The van der Waals surface area contributed by atoms with Gasteiger partial charge in [0.2, 0.25) is 0 Å². The Morgan fingerprint density at radius 1 is 0.321 bits per heavy atom. The average Bonchev–Trinajstić information content (AvgIpc) is 0.830. The van der Waals surface area contributed by atoms with E-state index in [1.807, 2.05) is 174 Å². The number of aliphatic imine (C=N–C) groups is 6. The average molecular weight is 1990 g/mol. The molecule has 679 valence electrons. The maximum atomic E-state index is 10.6.